The van der Waals surface area contributed by atoms with E-state index in [9.17, 15) is 14.0 Å². The van der Waals surface area contributed by atoms with Crippen LogP contribution in [0.4, 0.5) is 4.39 Å². The molecular weight excluding hydrogens is 351 g/mol. The summed E-state index contributed by atoms with van der Waals surface area (Å²) in [6.07, 6.45) is 2.34. The van der Waals surface area contributed by atoms with E-state index in [2.05, 4.69) is 10.3 Å². The van der Waals surface area contributed by atoms with Gasteiger partial charge in [-0.2, -0.15) is 0 Å². The summed E-state index contributed by atoms with van der Waals surface area (Å²) < 4.78 is 21.7. The molecule has 7 nitrogen and oxygen atoms in total. The lowest BCUT2D eigenvalue weighted by molar-refractivity contribution is -0.123. The van der Waals surface area contributed by atoms with Crippen LogP contribution in [0.1, 0.15) is 23.7 Å². The zero-order valence-corrected chi connectivity index (χ0v) is 14.7. The average Bonchev–Trinajstić information content (AvgIpc) is 3.24. The second kappa shape index (κ2) is 6.53. The van der Waals surface area contributed by atoms with Crippen LogP contribution < -0.4 is 15.8 Å². The molecule has 1 aromatic carbocycles. The number of amides is 2. The molecule has 4 rings (SSSR count). The Labute approximate surface area is 154 Å². The van der Waals surface area contributed by atoms with E-state index in [1.54, 1.807) is 35.0 Å². The van der Waals surface area contributed by atoms with Crippen LogP contribution in [-0.2, 0) is 4.79 Å². The lowest BCUT2D eigenvalue weighted by Gasteiger charge is -2.19. The number of rotatable bonds is 5. The van der Waals surface area contributed by atoms with Crippen molar-refractivity contribution in [3.63, 3.8) is 0 Å². The van der Waals surface area contributed by atoms with E-state index in [4.69, 9.17) is 10.5 Å². The second-order valence-electron chi connectivity index (χ2n) is 6.64. The number of alkyl halides is 1. The Morgan fingerprint density at radius 3 is 3.00 bits per heavy atom. The highest BCUT2D eigenvalue weighted by Gasteiger charge is 2.41. The van der Waals surface area contributed by atoms with Gasteiger partial charge in [-0.1, -0.05) is 19.1 Å². The summed E-state index contributed by atoms with van der Waals surface area (Å²) in [6.45, 7) is 2.00. The van der Waals surface area contributed by atoms with Gasteiger partial charge in [0, 0.05) is 23.7 Å². The first-order chi connectivity index (χ1) is 13.0. The monoisotopic (exact) mass is 370 g/mol. The average molecular weight is 370 g/mol. The Kier molecular flexibility index (Phi) is 4.18. The number of hydrogen-bond acceptors (Lipinski definition) is 4. The van der Waals surface area contributed by atoms with Crippen LogP contribution in [0, 0.1) is 5.92 Å². The number of nitrogens with zero attached hydrogens (tertiary/aromatic N) is 2. The summed E-state index contributed by atoms with van der Waals surface area (Å²) in [6, 6.07) is 6.72. The minimum atomic E-state index is -1.51. The topological polar surface area (TPSA) is 98.7 Å². The Balaban J connectivity index is 1.72. The standard InChI is InChI=1S/C19H19FN4O3/c1-2-11-13(23-19(26)15(11)20)9-27-14-5-3-4-10-8-12(17(21)25)18-22-6-7-24(18)16(10)14/h3-8,11,13,15H,2,9H2,1H3,(H2,21,25)(H,23,26)/t11-,13+,15-/m0/s1. The molecule has 0 spiro atoms. The predicted octanol–water partition coefficient (Wildman–Crippen LogP) is 1.83. The molecule has 3 heterocycles. The van der Waals surface area contributed by atoms with Gasteiger partial charge in [-0.3, -0.25) is 14.0 Å². The first-order valence-electron chi connectivity index (χ1n) is 8.77. The molecule has 3 aromatic rings. The zero-order chi connectivity index (χ0) is 19.1. The first-order valence-corrected chi connectivity index (χ1v) is 8.77. The molecule has 0 aliphatic carbocycles. The molecule has 140 valence electrons. The third-order valence-corrected chi connectivity index (χ3v) is 5.08. The lowest BCUT2D eigenvalue weighted by atomic mass is 9.97. The first kappa shape index (κ1) is 17.3. The summed E-state index contributed by atoms with van der Waals surface area (Å²) in [5.41, 5.74) is 6.95. The molecule has 1 aliphatic heterocycles. The van der Waals surface area contributed by atoms with Crippen LogP contribution in [0.25, 0.3) is 16.6 Å². The molecule has 1 aliphatic rings. The highest BCUT2D eigenvalue weighted by Crippen LogP contribution is 2.30. The van der Waals surface area contributed by atoms with Crippen molar-refractivity contribution < 1.29 is 18.7 Å². The predicted molar refractivity (Wildman–Crippen MR) is 97.3 cm³/mol. The summed E-state index contributed by atoms with van der Waals surface area (Å²) in [5, 5.41) is 3.42. The van der Waals surface area contributed by atoms with E-state index in [1.807, 2.05) is 13.0 Å². The molecular formula is C19H19FN4O3. The van der Waals surface area contributed by atoms with Crippen molar-refractivity contribution in [3.05, 3.63) is 42.2 Å². The molecule has 0 unspecified atom stereocenters. The van der Waals surface area contributed by atoms with E-state index < -0.39 is 29.9 Å². The second-order valence-corrected chi connectivity index (χ2v) is 6.64. The van der Waals surface area contributed by atoms with E-state index in [-0.39, 0.29) is 6.61 Å². The quantitative estimate of drug-likeness (QED) is 0.716. The molecule has 0 saturated carbocycles. The number of nitrogens with one attached hydrogen (secondary N) is 1. The molecule has 0 radical (unpaired) electrons. The summed E-state index contributed by atoms with van der Waals surface area (Å²) in [5.74, 6) is -1.01. The SMILES string of the molecule is CC[C@@H]1[C@H](F)C(=O)N[C@@H]1COc1cccc2cc(C(N)=O)c3nccn3c12. The van der Waals surface area contributed by atoms with Crippen LogP contribution in [0.2, 0.25) is 0 Å². The van der Waals surface area contributed by atoms with Crippen molar-refractivity contribution in [2.75, 3.05) is 6.61 Å². The number of para-hydroxylation sites is 1. The van der Waals surface area contributed by atoms with Crippen molar-refractivity contribution in [1.82, 2.24) is 14.7 Å². The Morgan fingerprint density at radius 1 is 1.44 bits per heavy atom. The Bertz CT molecular complexity index is 1050. The number of halogens is 1. The van der Waals surface area contributed by atoms with Crippen LogP contribution in [0.5, 0.6) is 5.75 Å². The minimum Gasteiger partial charge on any atom is -0.489 e. The Morgan fingerprint density at radius 2 is 2.26 bits per heavy atom. The van der Waals surface area contributed by atoms with Gasteiger partial charge < -0.3 is 15.8 Å². The molecule has 1 saturated heterocycles. The number of carbonyl (C=O) groups is 2. The van der Waals surface area contributed by atoms with Crippen LogP contribution >= 0.6 is 0 Å². The molecule has 3 atom stereocenters. The van der Waals surface area contributed by atoms with Gasteiger partial charge in [0.2, 0.25) is 0 Å². The number of fused-ring (bicyclic) bond motifs is 3. The number of primary amides is 1. The van der Waals surface area contributed by atoms with Gasteiger partial charge in [-0.25, -0.2) is 9.37 Å². The van der Waals surface area contributed by atoms with E-state index in [0.717, 1.165) is 10.9 Å². The molecule has 2 amide bonds. The van der Waals surface area contributed by atoms with Crippen LogP contribution in [0.3, 0.4) is 0 Å². The fraction of sp³-hybridized carbons (Fsp3) is 0.316. The van der Waals surface area contributed by atoms with Crippen molar-refractivity contribution in [3.8, 4) is 5.75 Å². The van der Waals surface area contributed by atoms with Crippen molar-refractivity contribution in [1.29, 1.82) is 0 Å². The number of pyridine rings is 1. The van der Waals surface area contributed by atoms with Gasteiger partial charge in [0.05, 0.1) is 17.1 Å². The minimum absolute atomic E-state index is 0.150. The van der Waals surface area contributed by atoms with Gasteiger partial charge in [0.25, 0.3) is 11.8 Å². The maximum atomic E-state index is 14.0. The van der Waals surface area contributed by atoms with E-state index in [1.165, 1.54) is 0 Å². The number of imidazole rings is 1. The number of benzene rings is 1. The van der Waals surface area contributed by atoms with Crippen LogP contribution in [0.15, 0.2) is 36.7 Å². The molecule has 0 bridgehead atoms. The molecule has 3 N–H and O–H groups in total. The summed E-state index contributed by atoms with van der Waals surface area (Å²) >= 11 is 0. The van der Waals surface area contributed by atoms with Crippen molar-refractivity contribution in [2.24, 2.45) is 11.7 Å². The van der Waals surface area contributed by atoms with Crippen molar-refractivity contribution in [2.45, 2.75) is 25.6 Å². The number of aromatic nitrogens is 2. The fourth-order valence-electron chi connectivity index (χ4n) is 3.72. The smallest absolute Gasteiger partial charge is 0.255 e. The molecule has 8 heteroatoms. The maximum Gasteiger partial charge on any atom is 0.255 e. The van der Waals surface area contributed by atoms with E-state index >= 15 is 0 Å². The van der Waals surface area contributed by atoms with Crippen molar-refractivity contribution >= 4 is 28.4 Å². The number of nitrogens with two attached hydrogens (primary N) is 1. The zero-order valence-electron chi connectivity index (χ0n) is 14.7. The molecule has 1 fully saturated rings. The van der Waals surface area contributed by atoms with Gasteiger partial charge in [0.15, 0.2) is 6.17 Å². The lowest BCUT2D eigenvalue weighted by Crippen LogP contribution is -2.34. The van der Waals surface area contributed by atoms with Crippen LogP contribution in [-0.4, -0.2) is 40.0 Å². The normalized spacial score (nSPS) is 22.3. The Hall–Kier alpha value is -3.16. The van der Waals surface area contributed by atoms with Gasteiger partial charge >= 0.3 is 0 Å². The number of ether oxygens (including phenoxy) is 1. The summed E-state index contributed by atoms with van der Waals surface area (Å²) in [4.78, 5) is 27.6. The van der Waals surface area contributed by atoms with E-state index in [0.29, 0.717) is 23.4 Å². The third kappa shape index (κ3) is 2.77. The molecule has 27 heavy (non-hydrogen) atoms. The van der Waals surface area contributed by atoms with Gasteiger partial charge in [-0.05, 0) is 18.6 Å². The third-order valence-electron chi connectivity index (χ3n) is 5.08. The highest BCUT2D eigenvalue weighted by molar-refractivity contribution is 6.03. The fourth-order valence-corrected chi connectivity index (χ4v) is 3.72. The summed E-state index contributed by atoms with van der Waals surface area (Å²) in [7, 11) is 0. The molecule has 2 aromatic heterocycles. The highest BCUT2D eigenvalue weighted by atomic mass is 19.1. The maximum absolute atomic E-state index is 14.0. The number of carbonyl (C=O) groups excluding carboxylic acids is 2. The van der Waals surface area contributed by atoms with Gasteiger partial charge in [-0.15, -0.1) is 0 Å². The van der Waals surface area contributed by atoms with Gasteiger partial charge in [0.1, 0.15) is 18.0 Å². The largest absolute Gasteiger partial charge is 0.489 e. The number of hydrogen-bond donors (Lipinski definition) is 2.